The van der Waals surface area contributed by atoms with Crippen molar-refractivity contribution >= 4 is 23.3 Å². The molecule has 0 aliphatic rings. The lowest BCUT2D eigenvalue weighted by Crippen LogP contribution is -2.00. The minimum atomic E-state index is -0.317. The molecule has 140 valence electrons. The van der Waals surface area contributed by atoms with Crippen LogP contribution >= 0.6 is 11.6 Å². The topological polar surface area (TPSA) is 42.2 Å². The summed E-state index contributed by atoms with van der Waals surface area (Å²) in [6.45, 7) is 0.0897. The van der Waals surface area contributed by atoms with E-state index in [1.165, 1.54) is 13.2 Å². The third-order valence-electron chi connectivity index (χ3n) is 4.12. The van der Waals surface area contributed by atoms with Gasteiger partial charge in [-0.1, -0.05) is 48.0 Å². The predicted molar refractivity (Wildman–Crippen MR) is 109 cm³/mol. The molecule has 28 heavy (non-hydrogen) atoms. The van der Waals surface area contributed by atoms with E-state index in [-0.39, 0.29) is 12.4 Å². The van der Waals surface area contributed by atoms with E-state index in [0.717, 1.165) is 11.1 Å². The number of allylic oxidation sites excluding steroid dienone is 1. The zero-order chi connectivity index (χ0) is 19.9. The predicted octanol–water partition coefficient (Wildman–Crippen LogP) is 6.13. The average molecular weight is 394 g/mol. The Morgan fingerprint density at radius 1 is 1.07 bits per heavy atom. The van der Waals surface area contributed by atoms with Crippen molar-refractivity contribution in [3.8, 4) is 17.6 Å². The molecule has 3 aromatic rings. The highest BCUT2D eigenvalue weighted by molar-refractivity contribution is 6.30. The first-order valence-corrected chi connectivity index (χ1v) is 8.90. The highest BCUT2D eigenvalue weighted by atomic mass is 35.5. The summed E-state index contributed by atoms with van der Waals surface area (Å²) in [6.07, 6.45) is 1.76. The molecule has 0 fully saturated rings. The number of ether oxygens (including phenoxy) is 2. The fourth-order valence-electron chi connectivity index (χ4n) is 2.64. The minimum Gasteiger partial charge on any atom is -0.493 e. The van der Waals surface area contributed by atoms with Crippen LogP contribution in [-0.4, -0.2) is 7.11 Å². The number of nitriles is 1. The molecule has 3 aromatic carbocycles. The van der Waals surface area contributed by atoms with Gasteiger partial charge in [0.15, 0.2) is 11.5 Å². The Bertz CT molecular complexity index is 1040. The first kappa shape index (κ1) is 19.5. The number of benzene rings is 3. The number of hydrogen-bond acceptors (Lipinski definition) is 3. The molecule has 0 amide bonds. The minimum absolute atomic E-state index is 0.0897. The quantitative estimate of drug-likeness (QED) is 0.373. The second kappa shape index (κ2) is 9.07. The van der Waals surface area contributed by atoms with Crippen LogP contribution in [0.3, 0.4) is 0 Å². The van der Waals surface area contributed by atoms with Gasteiger partial charge in [0, 0.05) is 10.6 Å². The Kier molecular flexibility index (Phi) is 6.31. The Hall–Kier alpha value is -3.29. The maximum Gasteiger partial charge on any atom is 0.161 e. The van der Waals surface area contributed by atoms with Crippen LogP contribution in [0.1, 0.15) is 16.7 Å². The summed E-state index contributed by atoms with van der Waals surface area (Å²) >= 11 is 5.90. The molecule has 0 unspecified atom stereocenters. The van der Waals surface area contributed by atoms with Gasteiger partial charge >= 0.3 is 0 Å². The molecule has 3 rings (SSSR count). The third kappa shape index (κ3) is 4.70. The van der Waals surface area contributed by atoms with Crippen LogP contribution in [0.25, 0.3) is 11.6 Å². The van der Waals surface area contributed by atoms with Crippen LogP contribution in [0.15, 0.2) is 66.7 Å². The standard InChI is InChI=1S/C23H17ClFNO2/c1-27-23-13-16(12-19(14-26)17-7-9-20(24)10-8-17)6-11-22(23)28-15-18-4-2-3-5-21(18)25/h2-13H,15H2,1H3/b19-12+. The maximum absolute atomic E-state index is 13.7. The maximum atomic E-state index is 13.7. The molecule has 0 bridgehead atoms. The summed E-state index contributed by atoms with van der Waals surface area (Å²) in [6, 6.07) is 21.0. The fourth-order valence-corrected chi connectivity index (χ4v) is 2.77. The smallest absolute Gasteiger partial charge is 0.161 e. The molecule has 0 atom stereocenters. The van der Waals surface area contributed by atoms with Crippen LogP contribution < -0.4 is 9.47 Å². The number of rotatable bonds is 6. The number of halogens is 2. The average Bonchev–Trinajstić information content (AvgIpc) is 2.72. The van der Waals surface area contributed by atoms with Crippen molar-refractivity contribution in [2.45, 2.75) is 6.61 Å². The van der Waals surface area contributed by atoms with Crippen molar-refractivity contribution in [1.29, 1.82) is 5.26 Å². The highest BCUT2D eigenvalue weighted by Gasteiger charge is 2.09. The van der Waals surface area contributed by atoms with Crippen LogP contribution in [-0.2, 0) is 6.61 Å². The van der Waals surface area contributed by atoms with Gasteiger partial charge in [-0.15, -0.1) is 0 Å². The van der Waals surface area contributed by atoms with E-state index in [4.69, 9.17) is 21.1 Å². The highest BCUT2D eigenvalue weighted by Crippen LogP contribution is 2.31. The van der Waals surface area contributed by atoms with E-state index in [1.807, 2.05) is 6.07 Å². The van der Waals surface area contributed by atoms with Crippen molar-refractivity contribution in [2.24, 2.45) is 0 Å². The van der Waals surface area contributed by atoms with E-state index in [9.17, 15) is 9.65 Å². The van der Waals surface area contributed by atoms with Crippen LogP contribution in [0.2, 0.25) is 5.02 Å². The summed E-state index contributed by atoms with van der Waals surface area (Å²) in [5.41, 5.74) is 2.51. The summed E-state index contributed by atoms with van der Waals surface area (Å²) in [4.78, 5) is 0. The number of nitrogens with zero attached hydrogens (tertiary/aromatic N) is 1. The molecule has 0 spiro atoms. The Labute approximate surface area is 168 Å². The van der Waals surface area contributed by atoms with Crippen LogP contribution in [0.5, 0.6) is 11.5 Å². The van der Waals surface area contributed by atoms with Gasteiger partial charge in [0.1, 0.15) is 12.4 Å². The molecule has 0 saturated heterocycles. The van der Waals surface area contributed by atoms with E-state index >= 15 is 0 Å². The van der Waals surface area contributed by atoms with Gasteiger partial charge in [0.2, 0.25) is 0 Å². The van der Waals surface area contributed by atoms with Gasteiger partial charge in [-0.3, -0.25) is 0 Å². The SMILES string of the molecule is COc1cc(/C=C(\C#N)c2ccc(Cl)cc2)ccc1OCc1ccccc1F. The first-order valence-electron chi connectivity index (χ1n) is 8.52. The fraction of sp³-hybridized carbons (Fsp3) is 0.0870. The third-order valence-corrected chi connectivity index (χ3v) is 4.37. The Morgan fingerprint density at radius 2 is 1.82 bits per heavy atom. The van der Waals surface area contributed by atoms with Crippen molar-refractivity contribution in [2.75, 3.05) is 7.11 Å². The molecular formula is C23H17ClFNO2. The molecule has 0 heterocycles. The van der Waals surface area contributed by atoms with Crippen molar-refractivity contribution in [3.05, 3.63) is 94.3 Å². The monoisotopic (exact) mass is 393 g/mol. The Balaban J connectivity index is 1.83. The lowest BCUT2D eigenvalue weighted by molar-refractivity contribution is 0.279. The summed E-state index contributed by atoms with van der Waals surface area (Å²) in [7, 11) is 1.53. The van der Waals surface area contributed by atoms with Gasteiger partial charge in [0.25, 0.3) is 0 Å². The van der Waals surface area contributed by atoms with Gasteiger partial charge in [-0.2, -0.15) is 5.26 Å². The molecule has 5 heteroatoms. The second-order valence-electron chi connectivity index (χ2n) is 5.97. The van der Waals surface area contributed by atoms with E-state index < -0.39 is 0 Å². The first-order chi connectivity index (χ1) is 13.6. The second-order valence-corrected chi connectivity index (χ2v) is 6.40. The molecule has 0 N–H and O–H groups in total. The zero-order valence-electron chi connectivity index (χ0n) is 15.2. The van der Waals surface area contributed by atoms with Crippen molar-refractivity contribution in [1.82, 2.24) is 0 Å². The lowest BCUT2D eigenvalue weighted by atomic mass is 10.0. The van der Waals surface area contributed by atoms with E-state index in [0.29, 0.717) is 27.7 Å². The van der Waals surface area contributed by atoms with Gasteiger partial charge in [-0.05, 0) is 47.5 Å². The largest absolute Gasteiger partial charge is 0.493 e. The number of hydrogen-bond donors (Lipinski definition) is 0. The molecule has 0 radical (unpaired) electrons. The van der Waals surface area contributed by atoms with Gasteiger partial charge in [-0.25, -0.2) is 4.39 Å². The summed E-state index contributed by atoms with van der Waals surface area (Å²) in [5.74, 6) is 0.675. The normalized spacial score (nSPS) is 11.0. The summed E-state index contributed by atoms with van der Waals surface area (Å²) < 4.78 is 24.9. The number of methoxy groups -OCH3 is 1. The van der Waals surface area contributed by atoms with E-state index in [1.54, 1.807) is 60.7 Å². The zero-order valence-corrected chi connectivity index (χ0v) is 15.9. The molecular weight excluding hydrogens is 377 g/mol. The molecule has 3 nitrogen and oxygen atoms in total. The van der Waals surface area contributed by atoms with Crippen molar-refractivity contribution < 1.29 is 13.9 Å². The molecule has 0 saturated carbocycles. The lowest BCUT2D eigenvalue weighted by Gasteiger charge is -2.12. The van der Waals surface area contributed by atoms with Gasteiger partial charge < -0.3 is 9.47 Å². The molecule has 0 aromatic heterocycles. The van der Waals surface area contributed by atoms with Crippen LogP contribution in [0.4, 0.5) is 4.39 Å². The van der Waals surface area contributed by atoms with Gasteiger partial charge in [0.05, 0.1) is 18.8 Å². The summed E-state index contributed by atoms with van der Waals surface area (Å²) in [5, 5.41) is 10.1. The Morgan fingerprint density at radius 3 is 2.50 bits per heavy atom. The van der Waals surface area contributed by atoms with Crippen molar-refractivity contribution in [3.63, 3.8) is 0 Å². The molecule has 0 aliphatic heterocycles. The van der Waals surface area contributed by atoms with E-state index in [2.05, 4.69) is 6.07 Å². The molecule has 0 aliphatic carbocycles. The van der Waals surface area contributed by atoms with Crippen LogP contribution in [0, 0.1) is 17.1 Å².